The molecule has 0 fully saturated rings. The summed E-state index contributed by atoms with van der Waals surface area (Å²) in [6, 6.07) is 8.45. The number of sulfone groups is 1. The first-order valence-electron chi connectivity index (χ1n) is 6.99. The molecule has 0 aliphatic heterocycles. The van der Waals surface area contributed by atoms with Gasteiger partial charge in [-0.3, -0.25) is 4.79 Å². The molecule has 0 aliphatic rings. The van der Waals surface area contributed by atoms with Crippen molar-refractivity contribution >= 4 is 43.5 Å². The molecule has 0 spiro atoms. The Labute approximate surface area is 147 Å². The number of carbonyl (C=O) groups is 1. The van der Waals surface area contributed by atoms with Gasteiger partial charge < -0.3 is 5.32 Å². The van der Waals surface area contributed by atoms with Crippen LogP contribution in [0.5, 0.6) is 0 Å². The molecule has 1 aromatic carbocycles. The maximum absolute atomic E-state index is 12.0. The standard InChI is InChI=1S/C16H14N2O3S3/c1-24(20,21)13-4-2-12(3-5-13)14-10-23-16(17-14)18-15(19)8-11-6-7-22-9-11/h2-7,9-10H,8H2,1H3,(H,17,18,19). The van der Waals surface area contributed by atoms with Crippen molar-refractivity contribution < 1.29 is 13.2 Å². The number of benzene rings is 1. The summed E-state index contributed by atoms with van der Waals surface area (Å²) in [4.78, 5) is 16.6. The molecule has 3 aromatic rings. The summed E-state index contributed by atoms with van der Waals surface area (Å²) >= 11 is 2.89. The van der Waals surface area contributed by atoms with Gasteiger partial charge in [0.2, 0.25) is 5.91 Å². The molecule has 24 heavy (non-hydrogen) atoms. The summed E-state index contributed by atoms with van der Waals surface area (Å²) in [5.74, 6) is -0.110. The van der Waals surface area contributed by atoms with Crippen LogP contribution in [-0.2, 0) is 21.1 Å². The minimum atomic E-state index is -3.21. The Morgan fingerprint density at radius 2 is 1.92 bits per heavy atom. The van der Waals surface area contributed by atoms with Crippen LogP contribution in [0.15, 0.2) is 51.4 Å². The molecule has 0 aliphatic carbocycles. The zero-order valence-electron chi connectivity index (χ0n) is 12.7. The summed E-state index contributed by atoms with van der Waals surface area (Å²) in [6.45, 7) is 0. The molecule has 0 atom stereocenters. The molecule has 2 aromatic heterocycles. The van der Waals surface area contributed by atoms with Gasteiger partial charge >= 0.3 is 0 Å². The third-order valence-electron chi connectivity index (χ3n) is 3.27. The van der Waals surface area contributed by atoms with Gasteiger partial charge in [-0.05, 0) is 34.5 Å². The third-order valence-corrected chi connectivity index (χ3v) is 5.89. The zero-order valence-corrected chi connectivity index (χ0v) is 15.2. The van der Waals surface area contributed by atoms with E-state index >= 15 is 0 Å². The van der Waals surface area contributed by atoms with Crippen molar-refractivity contribution in [2.75, 3.05) is 11.6 Å². The van der Waals surface area contributed by atoms with E-state index in [0.29, 0.717) is 17.2 Å². The first-order chi connectivity index (χ1) is 11.4. The Kier molecular flexibility index (Phi) is 4.79. The molecule has 2 heterocycles. The number of nitrogens with zero attached hydrogens (tertiary/aromatic N) is 1. The fourth-order valence-electron chi connectivity index (χ4n) is 2.08. The predicted molar refractivity (Wildman–Crippen MR) is 97.3 cm³/mol. The second-order valence-electron chi connectivity index (χ2n) is 5.19. The van der Waals surface area contributed by atoms with Gasteiger partial charge in [-0.1, -0.05) is 12.1 Å². The van der Waals surface area contributed by atoms with E-state index in [-0.39, 0.29) is 10.8 Å². The number of rotatable bonds is 5. The number of nitrogens with one attached hydrogen (secondary N) is 1. The van der Waals surface area contributed by atoms with Crippen LogP contribution in [0.2, 0.25) is 0 Å². The highest BCUT2D eigenvalue weighted by molar-refractivity contribution is 7.90. The first kappa shape index (κ1) is 16.8. The fraction of sp³-hybridized carbons (Fsp3) is 0.125. The lowest BCUT2D eigenvalue weighted by molar-refractivity contribution is -0.115. The maximum atomic E-state index is 12.0. The van der Waals surface area contributed by atoms with Crippen molar-refractivity contribution in [3.05, 3.63) is 52.0 Å². The molecule has 3 rings (SSSR count). The van der Waals surface area contributed by atoms with Crippen LogP contribution < -0.4 is 5.32 Å². The lowest BCUT2D eigenvalue weighted by Crippen LogP contribution is -2.13. The summed E-state index contributed by atoms with van der Waals surface area (Å²) in [6.07, 6.45) is 1.49. The number of thiophene rings is 1. The molecule has 0 radical (unpaired) electrons. The largest absolute Gasteiger partial charge is 0.302 e. The van der Waals surface area contributed by atoms with Crippen LogP contribution in [0.3, 0.4) is 0 Å². The lowest BCUT2D eigenvalue weighted by atomic mass is 10.2. The Balaban J connectivity index is 1.70. The molecule has 0 bridgehead atoms. The number of hydrogen-bond donors (Lipinski definition) is 1. The van der Waals surface area contributed by atoms with Crippen LogP contribution in [0.1, 0.15) is 5.56 Å². The third kappa shape index (κ3) is 4.08. The van der Waals surface area contributed by atoms with Gasteiger partial charge in [-0.2, -0.15) is 11.3 Å². The number of aromatic nitrogens is 1. The molecule has 0 unspecified atom stereocenters. The van der Waals surface area contributed by atoms with Crippen molar-refractivity contribution in [1.82, 2.24) is 4.98 Å². The van der Waals surface area contributed by atoms with Crippen LogP contribution in [0.25, 0.3) is 11.3 Å². The zero-order chi connectivity index (χ0) is 17.2. The minimum Gasteiger partial charge on any atom is -0.302 e. The molecule has 0 saturated carbocycles. The average molecular weight is 379 g/mol. The molecule has 124 valence electrons. The van der Waals surface area contributed by atoms with Gasteiger partial charge in [0.25, 0.3) is 0 Å². The van der Waals surface area contributed by atoms with Gasteiger partial charge in [-0.25, -0.2) is 13.4 Å². The van der Waals surface area contributed by atoms with Crippen molar-refractivity contribution in [2.45, 2.75) is 11.3 Å². The van der Waals surface area contributed by atoms with E-state index in [1.807, 2.05) is 22.2 Å². The van der Waals surface area contributed by atoms with Gasteiger partial charge in [0, 0.05) is 17.2 Å². The molecule has 1 N–H and O–H groups in total. The number of carbonyl (C=O) groups excluding carboxylic acids is 1. The van der Waals surface area contributed by atoms with E-state index in [1.54, 1.807) is 35.6 Å². The second-order valence-corrected chi connectivity index (χ2v) is 8.84. The Bertz CT molecular complexity index is 943. The van der Waals surface area contributed by atoms with E-state index in [9.17, 15) is 13.2 Å². The first-order valence-corrected chi connectivity index (χ1v) is 10.7. The minimum absolute atomic E-state index is 0.110. The Morgan fingerprint density at radius 3 is 2.54 bits per heavy atom. The average Bonchev–Trinajstić information content (AvgIpc) is 3.18. The van der Waals surface area contributed by atoms with E-state index in [4.69, 9.17) is 0 Å². The summed E-state index contributed by atoms with van der Waals surface area (Å²) in [5, 5.41) is 9.01. The quantitative estimate of drug-likeness (QED) is 0.738. The Morgan fingerprint density at radius 1 is 1.17 bits per heavy atom. The SMILES string of the molecule is CS(=O)(=O)c1ccc(-c2csc(NC(=O)Cc3ccsc3)n2)cc1. The Hall–Kier alpha value is -2.03. The maximum Gasteiger partial charge on any atom is 0.230 e. The van der Waals surface area contributed by atoms with E-state index < -0.39 is 9.84 Å². The highest BCUT2D eigenvalue weighted by Crippen LogP contribution is 2.26. The van der Waals surface area contributed by atoms with E-state index in [0.717, 1.165) is 11.1 Å². The summed E-state index contributed by atoms with van der Waals surface area (Å²) < 4.78 is 23.0. The normalized spacial score (nSPS) is 11.4. The molecule has 1 amide bonds. The topological polar surface area (TPSA) is 76.1 Å². The number of amides is 1. The van der Waals surface area contributed by atoms with Crippen molar-refractivity contribution in [3.63, 3.8) is 0 Å². The van der Waals surface area contributed by atoms with Crippen LogP contribution in [-0.4, -0.2) is 25.6 Å². The van der Waals surface area contributed by atoms with Gasteiger partial charge in [0.05, 0.1) is 17.0 Å². The smallest absolute Gasteiger partial charge is 0.230 e. The molecule has 0 saturated heterocycles. The highest BCUT2D eigenvalue weighted by Gasteiger charge is 2.11. The number of anilines is 1. The number of hydrogen-bond acceptors (Lipinski definition) is 6. The lowest BCUT2D eigenvalue weighted by Gasteiger charge is -2.01. The second kappa shape index (κ2) is 6.84. The van der Waals surface area contributed by atoms with Gasteiger partial charge in [0.1, 0.15) is 0 Å². The van der Waals surface area contributed by atoms with Crippen LogP contribution in [0.4, 0.5) is 5.13 Å². The van der Waals surface area contributed by atoms with Crippen LogP contribution >= 0.6 is 22.7 Å². The summed E-state index contributed by atoms with van der Waals surface area (Å²) in [7, 11) is -3.21. The van der Waals surface area contributed by atoms with Gasteiger partial charge in [0.15, 0.2) is 15.0 Å². The van der Waals surface area contributed by atoms with Crippen molar-refractivity contribution in [3.8, 4) is 11.3 Å². The van der Waals surface area contributed by atoms with E-state index in [1.165, 1.54) is 17.6 Å². The predicted octanol–water partition coefficient (Wildman–Crippen LogP) is 3.46. The van der Waals surface area contributed by atoms with Crippen molar-refractivity contribution in [1.29, 1.82) is 0 Å². The van der Waals surface area contributed by atoms with Crippen molar-refractivity contribution in [2.24, 2.45) is 0 Å². The van der Waals surface area contributed by atoms with Crippen LogP contribution in [0, 0.1) is 0 Å². The fourth-order valence-corrected chi connectivity index (χ4v) is 4.11. The molecule has 8 heteroatoms. The molecular formula is C16H14N2O3S3. The van der Waals surface area contributed by atoms with E-state index in [2.05, 4.69) is 10.3 Å². The molecule has 5 nitrogen and oxygen atoms in total. The highest BCUT2D eigenvalue weighted by atomic mass is 32.2. The molecular weight excluding hydrogens is 364 g/mol. The summed E-state index contributed by atoms with van der Waals surface area (Å²) in [5.41, 5.74) is 2.48. The number of thiazole rings is 1. The monoisotopic (exact) mass is 378 g/mol. The van der Waals surface area contributed by atoms with Gasteiger partial charge in [-0.15, -0.1) is 11.3 Å².